The van der Waals surface area contributed by atoms with Crippen LogP contribution in [0.1, 0.15) is 46.0 Å². The van der Waals surface area contributed by atoms with E-state index in [-0.39, 0.29) is 23.0 Å². The molecule has 6 nitrogen and oxygen atoms in total. The van der Waals surface area contributed by atoms with Crippen LogP contribution in [-0.4, -0.2) is 53.6 Å². The molecule has 0 aromatic heterocycles. The van der Waals surface area contributed by atoms with Gasteiger partial charge in [-0.05, 0) is 24.2 Å². The molecule has 122 valence electrons. The Bertz CT molecular complexity index is 443. The van der Waals surface area contributed by atoms with Gasteiger partial charge in [-0.25, -0.2) is 5.43 Å². The number of hydrazone groups is 1. The van der Waals surface area contributed by atoms with Crippen LogP contribution in [0.3, 0.4) is 0 Å². The summed E-state index contributed by atoms with van der Waals surface area (Å²) in [5.74, 6) is -0.239. The van der Waals surface area contributed by atoms with Crippen molar-refractivity contribution >= 4 is 43.4 Å². The van der Waals surface area contributed by atoms with E-state index in [0.717, 1.165) is 19.3 Å². The van der Waals surface area contributed by atoms with E-state index >= 15 is 0 Å². The summed E-state index contributed by atoms with van der Waals surface area (Å²) in [5.41, 5.74) is 2.41. The highest BCUT2D eigenvalue weighted by molar-refractivity contribution is 8.01. The minimum atomic E-state index is -0.217. The summed E-state index contributed by atoms with van der Waals surface area (Å²) >= 11 is 1.55. The Hall–Kier alpha value is -1.31. The van der Waals surface area contributed by atoms with Gasteiger partial charge in [-0.3, -0.25) is 19.3 Å². The van der Waals surface area contributed by atoms with E-state index in [9.17, 15) is 14.4 Å². The number of hydrogen-bond donors (Lipinski definition) is 1. The van der Waals surface area contributed by atoms with E-state index < -0.39 is 0 Å². The molecule has 1 saturated heterocycles. The minimum absolute atomic E-state index is 0.0567. The smallest absolute Gasteiger partial charge is 0.242 e. The number of amides is 3. The molecule has 1 aliphatic rings. The molecule has 1 unspecified atom stereocenters. The Kier molecular flexibility index (Phi) is 8.23. The number of hydrogen-bond acceptors (Lipinski definition) is 5. The third-order valence-electron chi connectivity index (χ3n) is 3.24. The largest absolute Gasteiger partial charge is 0.282 e. The Morgan fingerprint density at radius 2 is 2.18 bits per heavy atom. The Balaban J connectivity index is 2.23. The van der Waals surface area contributed by atoms with Crippen molar-refractivity contribution < 1.29 is 14.4 Å². The van der Waals surface area contributed by atoms with Crippen LogP contribution in [0, 0.1) is 0 Å². The van der Waals surface area contributed by atoms with Crippen LogP contribution in [0.25, 0.3) is 0 Å². The summed E-state index contributed by atoms with van der Waals surface area (Å²) in [7, 11) is 1.73. The van der Waals surface area contributed by atoms with Crippen LogP contribution >= 0.6 is 11.8 Å². The Morgan fingerprint density at radius 3 is 2.82 bits per heavy atom. The average molecular weight is 325 g/mol. The van der Waals surface area contributed by atoms with Gasteiger partial charge in [-0.2, -0.15) is 5.10 Å². The van der Waals surface area contributed by atoms with Crippen molar-refractivity contribution in [2.75, 3.05) is 6.54 Å². The molecule has 1 rings (SSSR count). The fourth-order valence-corrected chi connectivity index (χ4v) is 3.39. The number of thioether (sulfide) groups is 1. The van der Waals surface area contributed by atoms with E-state index in [2.05, 4.69) is 10.5 Å². The molecule has 3 amide bonds. The van der Waals surface area contributed by atoms with Gasteiger partial charge in [0.15, 0.2) is 7.85 Å². The van der Waals surface area contributed by atoms with Gasteiger partial charge in [0, 0.05) is 19.4 Å². The monoisotopic (exact) mass is 325 g/mol. The summed E-state index contributed by atoms with van der Waals surface area (Å²) in [5, 5.41) is 3.78. The molecule has 0 bridgehead atoms. The Morgan fingerprint density at radius 1 is 1.45 bits per heavy atom. The predicted molar refractivity (Wildman–Crippen MR) is 91.5 cm³/mol. The number of rotatable bonds is 9. The molecule has 1 heterocycles. The van der Waals surface area contributed by atoms with Crippen LogP contribution in [0.5, 0.6) is 0 Å². The Labute approximate surface area is 136 Å². The van der Waals surface area contributed by atoms with E-state index in [1.807, 2.05) is 13.8 Å². The maximum Gasteiger partial charge on any atom is 0.242 e. The SMILES string of the molecule is B/C=N/NC(=O)CCCCCN1C(=O)CC(SC(C)C)C1=O. The fourth-order valence-electron chi connectivity index (χ4n) is 2.25. The lowest BCUT2D eigenvalue weighted by atomic mass is 10.2. The van der Waals surface area contributed by atoms with Gasteiger partial charge in [0.05, 0.1) is 5.25 Å². The molecular weight excluding hydrogens is 301 g/mol. The van der Waals surface area contributed by atoms with Crippen LogP contribution in [-0.2, 0) is 14.4 Å². The molecule has 0 aliphatic carbocycles. The molecular formula is C14H24BN3O3S. The number of likely N-dealkylation sites (tertiary alicyclic amines) is 1. The van der Waals surface area contributed by atoms with Gasteiger partial charge in [-0.15, -0.1) is 11.8 Å². The highest BCUT2D eigenvalue weighted by Gasteiger charge is 2.38. The molecule has 22 heavy (non-hydrogen) atoms. The molecule has 0 spiro atoms. The lowest BCUT2D eigenvalue weighted by molar-refractivity contribution is -0.138. The first-order chi connectivity index (χ1) is 10.5. The third-order valence-corrected chi connectivity index (χ3v) is 4.48. The molecule has 1 N–H and O–H groups in total. The standard InChI is InChI=1S/C14H24BN3O3S/c1-10(2)22-11-8-13(20)18(14(11)21)7-5-3-4-6-12(19)17-16-9-15/h9-11H,3-8,15H2,1-2H3,(H,17,19)/b16-9+. The second-order valence-corrected chi connectivity index (χ2v) is 7.28. The van der Waals surface area contributed by atoms with Crippen molar-refractivity contribution in [3.8, 4) is 0 Å². The van der Waals surface area contributed by atoms with Crippen molar-refractivity contribution in [3.63, 3.8) is 0 Å². The zero-order chi connectivity index (χ0) is 16.5. The van der Waals surface area contributed by atoms with Gasteiger partial charge in [0.1, 0.15) is 0 Å². The summed E-state index contributed by atoms with van der Waals surface area (Å²) < 4.78 is 0. The van der Waals surface area contributed by atoms with Crippen molar-refractivity contribution in [1.29, 1.82) is 0 Å². The second kappa shape index (κ2) is 9.66. The normalized spacial score (nSPS) is 18.7. The number of unbranched alkanes of at least 4 members (excludes halogenated alkanes) is 2. The molecule has 8 heteroatoms. The maximum atomic E-state index is 12.1. The summed E-state index contributed by atoms with van der Waals surface area (Å²) in [4.78, 5) is 36.7. The summed E-state index contributed by atoms with van der Waals surface area (Å²) in [6, 6.07) is 0. The second-order valence-electron chi connectivity index (χ2n) is 5.49. The molecule has 0 aromatic carbocycles. The highest BCUT2D eigenvalue weighted by Crippen LogP contribution is 2.28. The van der Waals surface area contributed by atoms with Crippen LogP contribution in [0.15, 0.2) is 5.10 Å². The number of carbonyl (C=O) groups is 3. The van der Waals surface area contributed by atoms with Crippen molar-refractivity contribution in [2.45, 2.75) is 56.5 Å². The topological polar surface area (TPSA) is 78.8 Å². The van der Waals surface area contributed by atoms with E-state index in [0.29, 0.717) is 24.6 Å². The molecule has 1 fully saturated rings. The number of imide groups is 1. The molecule has 0 saturated carbocycles. The first-order valence-corrected chi connectivity index (χ1v) is 8.66. The maximum absolute atomic E-state index is 12.1. The predicted octanol–water partition coefficient (Wildman–Crippen LogP) is 0.508. The van der Waals surface area contributed by atoms with Crippen LogP contribution < -0.4 is 5.43 Å². The molecule has 0 radical (unpaired) electrons. The summed E-state index contributed by atoms with van der Waals surface area (Å²) in [6.45, 7) is 4.51. The number of nitrogens with one attached hydrogen (secondary N) is 1. The fraction of sp³-hybridized carbons (Fsp3) is 0.714. The highest BCUT2D eigenvalue weighted by atomic mass is 32.2. The molecule has 0 aromatic rings. The summed E-state index contributed by atoms with van der Waals surface area (Å²) in [6.07, 6.45) is 4.52. The number of nitrogens with zero attached hydrogens (tertiary/aromatic N) is 2. The van der Waals surface area contributed by atoms with Gasteiger partial charge in [0.2, 0.25) is 17.7 Å². The van der Waals surface area contributed by atoms with E-state index in [1.54, 1.807) is 19.6 Å². The zero-order valence-electron chi connectivity index (χ0n) is 13.5. The van der Waals surface area contributed by atoms with Gasteiger partial charge < -0.3 is 0 Å². The molecule has 1 aliphatic heterocycles. The lowest BCUT2D eigenvalue weighted by Crippen LogP contribution is -2.32. The average Bonchev–Trinajstić information content (AvgIpc) is 2.71. The van der Waals surface area contributed by atoms with Crippen molar-refractivity contribution in [3.05, 3.63) is 0 Å². The lowest BCUT2D eigenvalue weighted by Gasteiger charge is -2.15. The van der Waals surface area contributed by atoms with Crippen molar-refractivity contribution in [2.24, 2.45) is 5.10 Å². The van der Waals surface area contributed by atoms with E-state index in [1.165, 1.54) is 11.0 Å². The van der Waals surface area contributed by atoms with Crippen molar-refractivity contribution in [1.82, 2.24) is 10.3 Å². The van der Waals surface area contributed by atoms with Gasteiger partial charge in [0.25, 0.3) is 0 Å². The third kappa shape index (κ3) is 6.21. The first-order valence-electron chi connectivity index (χ1n) is 7.72. The van der Waals surface area contributed by atoms with Gasteiger partial charge >= 0.3 is 0 Å². The zero-order valence-corrected chi connectivity index (χ0v) is 14.3. The van der Waals surface area contributed by atoms with E-state index in [4.69, 9.17) is 0 Å². The van der Waals surface area contributed by atoms with Crippen LogP contribution in [0.2, 0.25) is 0 Å². The first kappa shape index (κ1) is 18.7. The molecule has 1 atom stereocenters. The van der Waals surface area contributed by atoms with Gasteiger partial charge in [-0.1, -0.05) is 20.3 Å². The van der Waals surface area contributed by atoms with Crippen LogP contribution in [0.4, 0.5) is 0 Å². The quantitative estimate of drug-likeness (QED) is 0.220. The minimum Gasteiger partial charge on any atom is -0.282 e. The number of carbonyl (C=O) groups excluding carboxylic acids is 3.